The number of allylic oxidation sites excluding steroid dienone is 14. The van der Waals surface area contributed by atoms with Crippen molar-refractivity contribution in [3.8, 4) is 0 Å². The molecule has 0 aromatic heterocycles. The topological polar surface area (TPSA) is 111 Å². The predicted octanol–water partition coefficient (Wildman–Crippen LogP) is 20.4. The van der Waals surface area contributed by atoms with Gasteiger partial charge < -0.3 is 27.9 Å². The molecule has 0 saturated carbocycles. The molecule has 0 amide bonds. The average Bonchev–Trinajstić information content (AvgIpc) is 3.41. The molecule has 79 heavy (non-hydrogen) atoms. The third-order valence-corrected chi connectivity index (χ3v) is 15.1. The van der Waals surface area contributed by atoms with Gasteiger partial charge in [0.25, 0.3) is 7.82 Å². The van der Waals surface area contributed by atoms with E-state index in [0.29, 0.717) is 17.4 Å². The molecule has 0 rings (SSSR count). The van der Waals surface area contributed by atoms with Gasteiger partial charge in [0.1, 0.15) is 19.8 Å². The molecule has 0 aromatic carbocycles. The number of ether oxygens (including phenoxy) is 2. The van der Waals surface area contributed by atoms with Crippen LogP contribution < -0.4 is 4.89 Å². The lowest BCUT2D eigenvalue weighted by Gasteiger charge is -2.28. The summed E-state index contributed by atoms with van der Waals surface area (Å²) in [5.41, 5.74) is 0. The van der Waals surface area contributed by atoms with E-state index in [1.165, 1.54) is 161 Å². The van der Waals surface area contributed by atoms with Crippen LogP contribution in [0.1, 0.15) is 290 Å². The monoisotopic (exact) mass is 1130 g/mol. The number of unbranched alkanes of at least 4 members (excludes halogenated alkanes) is 32. The first-order chi connectivity index (χ1) is 38.5. The zero-order chi connectivity index (χ0) is 57.7. The SMILES string of the molecule is CC/C=C\C/C=C\C/C=C\C/C=C\C/C=C\C/C=C\CCCCCCCCCCCCCCCCCCCCCCC(=O)OC(COC(=O)CCCCCCC/C=C\CCCCCCCCC)COP(=O)([O-])OCC[N+](C)(C)C. The number of likely N-dealkylation sites (N-methyl/N-ethyl adjacent to an activating group) is 1. The second kappa shape index (κ2) is 59.8. The summed E-state index contributed by atoms with van der Waals surface area (Å²) in [6.07, 6.45) is 80.9. The van der Waals surface area contributed by atoms with Crippen LogP contribution in [-0.2, 0) is 32.7 Å². The van der Waals surface area contributed by atoms with E-state index in [2.05, 4.69) is 98.9 Å². The molecular formula is C69H124NO8P. The van der Waals surface area contributed by atoms with Gasteiger partial charge in [-0.1, -0.05) is 272 Å². The lowest BCUT2D eigenvalue weighted by atomic mass is 10.0. The van der Waals surface area contributed by atoms with E-state index in [9.17, 15) is 19.0 Å². The molecule has 0 spiro atoms. The molecule has 9 nitrogen and oxygen atoms in total. The number of carbonyl (C=O) groups is 2. The molecule has 2 unspecified atom stereocenters. The van der Waals surface area contributed by atoms with Crippen molar-refractivity contribution in [2.75, 3.05) is 47.5 Å². The molecule has 0 aromatic rings. The normalized spacial score (nSPS) is 13.7. The Balaban J connectivity index is 3.96. The van der Waals surface area contributed by atoms with E-state index in [-0.39, 0.29) is 32.0 Å². The molecule has 0 aliphatic carbocycles. The van der Waals surface area contributed by atoms with Gasteiger partial charge >= 0.3 is 11.9 Å². The van der Waals surface area contributed by atoms with E-state index in [0.717, 1.165) is 96.3 Å². The lowest BCUT2D eigenvalue weighted by molar-refractivity contribution is -0.870. The number of esters is 2. The summed E-state index contributed by atoms with van der Waals surface area (Å²) in [6.45, 7) is 4.14. The van der Waals surface area contributed by atoms with Crippen molar-refractivity contribution in [1.82, 2.24) is 0 Å². The Bertz CT molecular complexity index is 1610. The molecule has 458 valence electrons. The summed E-state index contributed by atoms with van der Waals surface area (Å²) in [4.78, 5) is 37.9. The largest absolute Gasteiger partial charge is 0.756 e. The number of carbonyl (C=O) groups excluding carboxylic acids is 2. The molecular weight excluding hydrogens is 1000 g/mol. The summed E-state index contributed by atoms with van der Waals surface area (Å²) < 4.78 is 34.2. The third-order valence-electron chi connectivity index (χ3n) is 14.1. The molecule has 0 aliphatic heterocycles. The van der Waals surface area contributed by atoms with E-state index >= 15 is 0 Å². The number of phosphoric ester groups is 1. The fraction of sp³-hybridized carbons (Fsp3) is 0.768. The second-order valence-electron chi connectivity index (χ2n) is 23.1. The van der Waals surface area contributed by atoms with E-state index in [4.69, 9.17) is 18.5 Å². The van der Waals surface area contributed by atoms with Gasteiger partial charge in [0, 0.05) is 12.8 Å². The van der Waals surface area contributed by atoms with Crippen molar-refractivity contribution < 1.29 is 42.1 Å². The highest BCUT2D eigenvalue weighted by Gasteiger charge is 2.22. The first kappa shape index (κ1) is 76.2. The summed E-state index contributed by atoms with van der Waals surface area (Å²) in [7, 11) is 1.17. The smallest absolute Gasteiger partial charge is 0.306 e. The minimum absolute atomic E-state index is 0.0324. The number of nitrogens with zero attached hydrogens (tertiary/aromatic N) is 1. The zero-order valence-corrected chi connectivity index (χ0v) is 52.9. The number of quaternary nitrogens is 1. The predicted molar refractivity (Wildman–Crippen MR) is 337 cm³/mol. The molecule has 0 heterocycles. The molecule has 0 bridgehead atoms. The molecule has 0 radical (unpaired) electrons. The Morgan fingerprint density at radius 1 is 0.405 bits per heavy atom. The highest BCUT2D eigenvalue weighted by molar-refractivity contribution is 7.45. The first-order valence-electron chi connectivity index (χ1n) is 32.8. The Morgan fingerprint density at radius 3 is 1.09 bits per heavy atom. The minimum atomic E-state index is -4.64. The Labute approximate surface area is 488 Å². The Kier molecular flexibility index (Phi) is 57.7. The van der Waals surface area contributed by atoms with Crippen molar-refractivity contribution in [3.05, 3.63) is 85.1 Å². The highest BCUT2D eigenvalue weighted by Crippen LogP contribution is 2.38. The number of hydrogen-bond acceptors (Lipinski definition) is 8. The first-order valence-corrected chi connectivity index (χ1v) is 34.3. The Hall–Kier alpha value is -2.81. The van der Waals surface area contributed by atoms with Gasteiger partial charge in [0.2, 0.25) is 0 Å². The van der Waals surface area contributed by atoms with E-state index < -0.39 is 26.5 Å². The fourth-order valence-corrected chi connectivity index (χ4v) is 9.86. The van der Waals surface area contributed by atoms with Crippen LogP contribution in [0.2, 0.25) is 0 Å². The summed E-state index contributed by atoms with van der Waals surface area (Å²) in [6, 6.07) is 0. The van der Waals surface area contributed by atoms with Crippen molar-refractivity contribution >= 4 is 19.8 Å². The quantitative estimate of drug-likeness (QED) is 0.0195. The van der Waals surface area contributed by atoms with Gasteiger partial charge in [-0.05, 0) is 89.9 Å². The van der Waals surface area contributed by atoms with Crippen molar-refractivity contribution in [2.45, 2.75) is 296 Å². The lowest BCUT2D eigenvalue weighted by Crippen LogP contribution is -2.37. The van der Waals surface area contributed by atoms with Gasteiger partial charge in [-0.3, -0.25) is 14.2 Å². The summed E-state index contributed by atoms with van der Waals surface area (Å²) >= 11 is 0. The van der Waals surface area contributed by atoms with Crippen LogP contribution in [0.15, 0.2) is 85.1 Å². The molecule has 0 saturated heterocycles. The minimum Gasteiger partial charge on any atom is -0.756 e. The standard InChI is InChI=1S/C69H124NO8P/c1-6-8-10-12-14-16-18-20-22-24-25-26-27-28-29-30-31-32-33-34-35-36-37-38-39-40-41-42-43-44-45-46-48-50-52-54-56-58-60-62-69(72)78-67(66-77-79(73,74)76-64-63-70(3,4)5)65-75-68(71)61-59-57-55-53-51-49-47-23-21-19-17-15-13-11-9-7-2/h8,10,14,16,20,22-23,25-26,28-29,31-32,47,67H,6-7,9,11-13,15,17-19,21,24,27,30,33-46,48-66H2,1-5H3/b10-8-,16-14-,22-20-,26-25-,29-28-,32-31-,47-23-. The van der Waals surface area contributed by atoms with Crippen LogP contribution in [0.3, 0.4) is 0 Å². The van der Waals surface area contributed by atoms with Crippen LogP contribution in [0.25, 0.3) is 0 Å². The van der Waals surface area contributed by atoms with E-state index in [1.54, 1.807) is 0 Å². The fourth-order valence-electron chi connectivity index (χ4n) is 9.13. The molecule has 0 N–H and O–H groups in total. The van der Waals surface area contributed by atoms with Crippen LogP contribution in [0.4, 0.5) is 0 Å². The zero-order valence-electron chi connectivity index (χ0n) is 52.1. The van der Waals surface area contributed by atoms with Crippen LogP contribution in [0.5, 0.6) is 0 Å². The van der Waals surface area contributed by atoms with Crippen LogP contribution in [-0.4, -0.2) is 70.0 Å². The van der Waals surface area contributed by atoms with Gasteiger partial charge in [-0.25, -0.2) is 0 Å². The number of phosphoric acid groups is 1. The summed E-state index contributed by atoms with van der Waals surface area (Å²) in [5.74, 6) is -0.834. The Morgan fingerprint density at radius 2 is 0.722 bits per heavy atom. The van der Waals surface area contributed by atoms with Crippen molar-refractivity contribution in [2.24, 2.45) is 0 Å². The van der Waals surface area contributed by atoms with Crippen LogP contribution in [0, 0.1) is 0 Å². The second-order valence-corrected chi connectivity index (χ2v) is 24.5. The van der Waals surface area contributed by atoms with Gasteiger partial charge in [0.05, 0.1) is 27.7 Å². The maximum atomic E-state index is 12.8. The highest BCUT2D eigenvalue weighted by atomic mass is 31.2. The molecule has 0 fully saturated rings. The van der Waals surface area contributed by atoms with Gasteiger partial charge in [-0.2, -0.15) is 0 Å². The van der Waals surface area contributed by atoms with Gasteiger partial charge in [0.15, 0.2) is 6.10 Å². The average molecular weight is 1130 g/mol. The van der Waals surface area contributed by atoms with Gasteiger partial charge in [-0.15, -0.1) is 0 Å². The van der Waals surface area contributed by atoms with Crippen LogP contribution >= 0.6 is 7.82 Å². The van der Waals surface area contributed by atoms with Crippen molar-refractivity contribution in [1.29, 1.82) is 0 Å². The molecule has 0 aliphatic rings. The molecule has 10 heteroatoms. The maximum Gasteiger partial charge on any atom is 0.306 e. The number of hydrogen-bond donors (Lipinski definition) is 0. The third kappa shape index (κ3) is 64.2. The van der Waals surface area contributed by atoms with Crippen molar-refractivity contribution in [3.63, 3.8) is 0 Å². The molecule has 2 atom stereocenters. The number of rotatable bonds is 60. The van der Waals surface area contributed by atoms with E-state index in [1.807, 2.05) is 21.1 Å². The maximum absolute atomic E-state index is 12.8. The summed E-state index contributed by atoms with van der Waals surface area (Å²) in [5, 5.41) is 0.